The minimum atomic E-state index is -0.402. The van der Waals surface area contributed by atoms with Crippen molar-refractivity contribution in [1.29, 1.82) is 0 Å². The molecule has 0 radical (unpaired) electrons. The maximum absolute atomic E-state index is 12.2. The number of carbonyl (C=O) groups excluding carboxylic acids is 1. The van der Waals surface area contributed by atoms with Crippen LogP contribution in [-0.4, -0.2) is 15.7 Å². The summed E-state index contributed by atoms with van der Waals surface area (Å²) in [4.78, 5) is 12.2. The lowest BCUT2D eigenvalue weighted by atomic mass is 10.1. The minimum Gasteiger partial charge on any atom is -0.457 e. The number of furan rings is 1. The molecule has 0 saturated heterocycles. The van der Waals surface area contributed by atoms with E-state index in [2.05, 4.69) is 5.10 Å². The summed E-state index contributed by atoms with van der Waals surface area (Å²) in [5.74, 6) is 0.267. The summed E-state index contributed by atoms with van der Waals surface area (Å²) >= 11 is 0. The molecule has 120 valence electrons. The van der Waals surface area contributed by atoms with Crippen molar-refractivity contribution in [2.75, 3.05) is 0 Å². The van der Waals surface area contributed by atoms with Gasteiger partial charge in [-0.2, -0.15) is 5.10 Å². The van der Waals surface area contributed by atoms with Crippen LogP contribution in [0.25, 0.3) is 11.0 Å². The van der Waals surface area contributed by atoms with Gasteiger partial charge in [-0.1, -0.05) is 18.2 Å². The summed E-state index contributed by atoms with van der Waals surface area (Å²) in [6, 6.07) is 7.78. The number of esters is 1. The second-order valence-corrected chi connectivity index (χ2v) is 6.57. The molecule has 0 spiro atoms. The van der Waals surface area contributed by atoms with E-state index >= 15 is 0 Å². The van der Waals surface area contributed by atoms with Crippen LogP contribution in [0.3, 0.4) is 0 Å². The van der Waals surface area contributed by atoms with Gasteiger partial charge in [0.1, 0.15) is 18.0 Å². The van der Waals surface area contributed by atoms with Crippen LogP contribution in [0.15, 0.2) is 41.1 Å². The van der Waals surface area contributed by atoms with Crippen molar-refractivity contribution in [3.05, 3.63) is 53.5 Å². The third-order valence-corrected chi connectivity index (χ3v) is 3.78. The number of benzene rings is 1. The zero-order valence-corrected chi connectivity index (χ0v) is 13.8. The first-order valence-electron chi connectivity index (χ1n) is 7.55. The van der Waals surface area contributed by atoms with E-state index < -0.39 is 5.97 Å². The Morgan fingerprint density at radius 3 is 2.70 bits per heavy atom. The molecule has 0 amide bonds. The zero-order chi connectivity index (χ0) is 16.6. The average molecular weight is 312 g/mol. The molecule has 5 heteroatoms. The van der Waals surface area contributed by atoms with Gasteiger partial charge in [0, 0.05) is 17.1 Å². The number of aryl methyl sites for hydroxylation is 1. The van der Waals surface area contributed by atoms with Crippen molar-refractivity contribution >= 4 is 16.9 Å². The summed E-state index contributed by atoms with van der Waals surface area (Å²) in [6.07, 6.45) is 3.23. The van der Waals surface area contributed by atoms with Gasteiger partial charge in [-0.25, -0.2) is 4.79 Å². The molecule has 0 aliphatic carbocycles. The monoisotopic (exact) mass is 312 g/mol. The molecule has 0 atom stereocenters. The van der Waals surface area contributed by atoms with Crippen molar-refractivity contribution in [3.8, 4) is 0 Å². The predicted octanol–water partition coefficient (Wildman–Crippen LogP) is 4.05. The second kappa shape index (κ2) is 5.57. The van der Waals surface area contributed by atoms with Crippen molar-refractivity contribution in [1.82, 2.24) is 9.78 Å². The Kier molecular flexibility index (Phi) is 3.72. The third-order valence-electron chi connectivity index (χ3n) is 3.78. The maximum atomic E-state index is 12.2. The summed E-state index contributed by atoms with van der Waals surface area (Å²) in [6.45, 7) is 8.14. The number of hydrogen-bond donors (Lipinski definition) is 0. The number of aromatic nitrogens is 2. The molecule has 0 N–H and O–H groups in total. The van der Waals surface area contributed by atoms with E-state index in [9.17, 15) is 4.79 Å². The Labute approximate surface area is 134 Å². The summed E-state index contributed by atoms with van der Waals surface area (Å²) < 4.78 is 12.9. The van der Waals surface area contributed by atoms with Crippen LogP contribution in [0.2, 0.25) is 0 Å². The Bertz CT molecular complexity index is 853. The topological polar surface area (TPSA) is 57.3 Å². The molecule has 5 nitrogen and oxygen atoms in total. The van der Waals surface area contributed by atoms with E-state index in [1.54, 1.807) is 10.9 Å². The number of nitrogens with zero attached hydrogens (tertiary/aromatic N) is 2. The number of hydrogen-bond acceptors (Lipinski definition) is 4. The first kappa shape index (κ1) is 15.3. The largest absolute Gasteiger partial charge is 0.457 e. The van der Waals surface area contributed by atoms with Gasteiger partial charge in [0.25, 0.3) is 0 Å². The van der Waals surface area contributed by atoms with Gasteiger partial charge in [-0.15, -0.1) is 0 Å². The molecular weight excluding hydrogens is 292 g/mol. The standard InChI is InChI=1S/C18H20N2O3/c1-12-14-7-5-6-8-15(14)23-16(12)11-22-17(21)13-9-19-20(10-13)18(2,3)4/h5-10H,11H2,1-4H3. The molecule has 0 unspecified atom stereocenters. The van der Waals surface area contributed by atoms with Crippen molar-refractivity contribution in [2.24, 2.45) is 0 Å². The van der Waals surface area contributed by atoms with Crippen molar-refractivity contribution < 1.29 is 13.9 Å². The molecular formula is C18H20N2O3. The van der Waals surface area contributed by atoms with E-state index in [1.807, 2.05) is 52.0 Å². The normalized spacial score (nSPS) is 11.8. The van der Waals surface area contributed by atoms with Gasteiger partial charge >= 0.3 is 5.97 Å². The first-order chi connectivity index (χ1) is 10.9. The highest BCUT2D eigenvalue weighted by molar-refractivity contribution is 5.89. The molecule has 0 aliphatic heterocycles. The van der Waals surface area contributed by atoms with E-state index in [-0.39, 0.29) is 12.1 Å². The van der Waals surface area contributed by atoms with Gasteiger partial charge in [0.05, 0.1) is 17.3 Å². The highest BCUT2D eigenvalue weighted by atomic mass is 16.5. The maximum Gasteiger partial charge on any atom is 0.341 e. The molecule has 23 heavy (non-hydrogen) atoms. The van der Waals surface area contributed by atoms with Crippen LogP contribution >= 0.6 is 0 Å². The van der Waals surface area contributed by atoms with Gasteiger partial charge in [0.15, 0.2) is 0 Å². The zero-order valence-electron chi connectivity index (χ0n) is 13.8. The summed E-state index contributed by atoms with van der Waals surface area (Å²) in [7, 11) is 0. The van der Waals surface area contributed by atoms with E-state index in [0.29, 0.717) is 11.3 Å². The Balaban J connectivity index is 1.73. The minimum absolute atomic E-state index is 0.111. The van der Waals surface area contributed by atoms with Crippen molar-refractivity contribution in [2.45, 2.75) is 39.8 Å². The smallest absolute Gasteiger partial charge is 0.341 e. The lowest BCUT2D eigenvalue weighted by Gasteiger charge is -2.18. The van der Waals surface area contributed by atoms with Crippen LogP contribution in [-0.2, 0) is 16.9 Å². The van der Waals surface area contributed by atoms with Crippen LogP contribution in [0.4, 0.5) is 0 Å². The number of ether oxygens (including phenoxy) is 1. The Morgan fingerprint density at radius 2 is 2.04 bits per heavy atom. The fourth-order valence-electron chi connectivity index (χ4n) is 2.37. The Morgan fingerprint density at radius 1 is 1.30 bits per heavy atom. The van der Waals surface area contributed by atoms with Crippen LogP contribution in [0.5, 0.6) is 0 Å². The van der Waals surface area contributed by atoms with Gasteiger partial charge in [-0.3, -0.25) is 4.68 Å². The fourth-order valence-corrected chi connectivity index (χ4v) is 2.37. The molecule has 0 saturated carbocycles. The van der Waals surface area contributed by atoms with Crippen LogP contribution < -0.4 is 0 Å². The van der Waals surface area contributed by atoms with E-state index in [0.717, 1.165) is 16.5 Å². The lowest BCUT2D eigenvalue weighted by molar-refractivity contribution is 0.0446. The molecule has 2 aromatic heterocycles. The molecule has 0 bridgehead atoms. The predicted molar refractivity (Wildman–Crippen MR) is 87.3 cm³/mol. The highest BCUT2D eigenvalue weighted by Gasteiger charge is 2.18. The third kappa shape index (κ3) is 2.99. The van der Waals surface area contributed by atoms with Gasteiger partial charge < -0.3 is 9.15 Å². The number of para-hydroxylation sites is 1. The molecule has 3 aromatic rings. The number of carbonyl (C=O) groups is 1. The number of rotatable bonds is 3. The summed E-state index contributed by atoms with van der Waals surface area (Å²) in [5, 5.41) is 5.25. The fraction of sp³-hybridized carbons (Fsp3) is 0.333. The molecule has 1 aromatic carbocycles. The second-order valence-electron chi connectivity index (χ2n) is 6.57. The average Bonchev–Trinajstić information content (AvgIpc) is 3.11. The highest BCUT2D eigenvalue weighted by Crippen LogP contribution is 2.25. The SMILES string of the molecule is Cc1c(COC(=O)c2cnn(C(C)(C)C)c2)oc2ccccc12. The molecule has 2 heterocycles. The number of fused-ring (bicyclic) bond motifs is 1. The van der Waals surface area contributed by atoms with Gasteiger partial charge in [0.2, 0.25) is 0 Å². The van der Waals surface area contributed by atoms with Gasteiger partial charge in [-0.05, 0) is 33.8 Å². The Hall–Kier alpha value is -2.56. The van der Waals surface area contributed by atoms with Crippen LogP contribution in [0, 0.1) is 6.92 Å². The van der Waals surface area contributed by atoms with E-state index in [1.165, 1.54) is 6.20 Å². The first-order valence-corrected chi connectivity index (χ1v) is 7.55. The quantitative estimate of drug-likeness (QED) is 0.685. The lowest BCUT2D eigenvalue weighted by Crippen LogP contribution is -2.22. The molecule has 3 rings (SSSR count). The summed E-state index contributed by atoms with van der Waals surface area (Å²) in [5.41, 5.74) is 2.07. The molecule has 0 aliphatic rings. The van der Waals surface area contributed by atoms with Crippen LogP contribution in [0.1, 0.15) is 42.5 Å². The molecule has 0 fully saturated rings. The van der Waals surface area contributed by atoms with Crippen molar-refractivity contribution in [3.63, 3.8) is 0 Å². The van der Waals surface area contributed by atoms with E-state index in [4.69, 9.17) is 9.15 Å².